The topological polar surface area (TPSA) is 48.1 Å². The highest BCUT2D eigenvalue weighted by Gasteiger charge is 2.37. The van der Waals surface area contributed by atoms with Crippen molar-refractivity contribution in [2.75, 3.05) is 5.73 Å². The van der Waals surface area contributed by atoms with Crippen molar-refractivity contribution in [3.63, 3.8) is 0 Å². The highest BCUT2D eigenvalue weighted by molar-refractivity contribution is 6.31. The summed E-state index contributed by atoms with van der Waals surface area (Å²) in [7, 11) is 0. The summed E-state index contributed by atoms with van der Waals surface area (Å²) in [5.74, 6) is 0.183. The molecule has 0 amide bonds. The summed E-state index contributed by atoms with van der Waals surface area (Å²) < 4.78 is 41.0. The Bertz CT molecular complexity index is 370. The molecule has 2 N–H and O–H groups in total. The van der Waals surface area contributed by atoms with Crippen LogP contribution in [-0.4, -0.2) is 17.3 Å². The van der Waals surface area contributed by atoms with Crippen molar-refractivity contribution in [2.45, 2.75) is 25.8 Å². The maximum Gasteiger partial charge on any atom is 0.414 e. The third-order valence-electron chi connectivity index (χ3n) is 1.87. The number of nitrogens with two attached hydrogens (primary N) is 1. The lowest BCUT2D eigenvalue weighted by Crippen LogP contribution is -2.28. The van der Waals surface area contributed by atoms with Crippen molar-refractivity contribution in [1.29, 1.82) is 0 Å². The average molecular weight is 255 g/mol. The molecular weight excluding hydrogens is 245 g/mol. The molecule has 1 rings (SSSR count). The average Bonchev–Trinajstić information content (AvgIpc) is 2.17. The minimum atomic E-state index is -4.40. The first-order valence-electron chi connectivity index (χ1n) is 4.40. The summed E-state index contributed by atoms with van der Waals surface area (Å²) in [6.45, 7) is 0.588. The number of nitrogens with zero attached hydrogens (tertiary/aromatic N) is 1. The predicted octanol–water partition coefficient (Wildman–Crippen LogP) is 2.78. The van der Waals surface area contributed by atoms with Crippen LogP contribution in [0.15, 0.2) is 12.1 Å². The molecule has 1 atom stereocenters. The maximum absolute atomic E-state index is 12.1. The van der Waals surface area contributed by atoms with Crippen LogP contribution < -0.4 is 5.73 Å². The Morgan fingerprint density at radius 3 is 2.69 bits per heavy atom. The second kappa shape index (κ2) is 4.88. The first kappa shape index (κ1) is 13.1. The summed E-state index contributed by atoms with van der Waals surface area (Å²) in [6.07, 6.45) is -6.26. The van der Waals surface area contributed by atoms with Crippen LogP contribution in [0.5, 0.6) is 0 Å². The smallest absolute Gasteiger partial charge is 0.384 e. The van der Waals surface area contributed by atoms with Crippen LogP contribution in [0.2, 0.25) is 5.02 Å². The predicted molar refractivity (Wildman–Crippen MR) is 54.0 cm³/mol. The zero-order chi connectivity index (χ0) is 12.3. The van der Waals surface area contributed by atoms with E-state index in [1.807, 2.05) is 0 Å². The first-order chi connectivity index (χ1) is 7.30. The van der Waals surface area contributed by atoms with Gasteiger partial charge in [-0.05, 0) is 19.1 Å². The molecule has 0 spiro atoms. The molecule has 0 saturated carbocycles. The van der Waals surface area contributed by atoms with Gasteiger partial charge in [0.2, 0.25) is 0 Å². The zero-order valence-electron chi connectivity index (χ0n) is 8.38. The van der Waals surface area contributed by atoms with Gasteiger partial charge in [0.15, 0.2) is 6.10 Å². The summed E-state index contributed by atoms with van der Waals surface area (Å²) in [4.78, 5) is 3.78. The van der Waals surface area contributed by atoms with Crippen molar-refractivity contribution in [1.82, 2.24) is 4.98 Å². The third-order valence-corrected chi connectivity index (χ3v) is 2.22. The van der Waals surface area contributed by atoms with E-state index in [4.69, 9.17) is 17.3 Å². The van der Waals surface area contributed by atoms with Crippen molar-refractivity contribution >= 4 is 17.4 Å². The molecule has 3 nitrogen and oxygen atoms in total. The number of hydrogen-bond donors (Lipinski definition) is 1. The van der Waals surface area contributed by atoms with E-state index in [2.05, 4.69) is 9.72 Å². The van der Waals surface area contributed by atoms with Crippen LogP contribution in [0.1, 0.15) is 12.6 Å². The molecule has 90 valence electrons. The lowest BCUT2D eigenvalue weighted by Gasteiger charge is -2.16. The van der Waals surface area contributed by atoms with Crippen LogP contribution in [0.4, 0.5) is 19.0 Å². The summed E-state index contributed by atoms with van der Waals surface area (Å²) in [6, 6.07) is 2.92. The summed E-state index contributed by atoms with van der Waals surface area (Å²) >= 11 is 5.71. The molecule has 0 radical (unpaired) electrons. The Morgan fingerprint density at radius 2 is 2.12 bits per heavy atom. The summed E-state index contributed by atoms with van der Waals surface area (Å²) in [5.41, 5.74) is 5.56. The maximum atomic E-state index is 12.1. The van der Waals surface area contributed by atoms with Crippen molar-refractivity contribution in [2.24, 2.45) is 0 Å². The molecule has 0 aliphatic carbocycles. The van der Waals surface area contributed by atoms with Crippen LogP contribution in [-0.2, 0) is 11.3 Å². The van der Waals surface area contributed by atoms with E-state index in [-0.39, 0.29) is 23.1 Å². The number of halogens is 4. The fourth-order valence-electron chi connectivity index (χ4n) is 0.901. The van der Waals surface area contributed by atoms with Gasteiger partial charge < -0.3 is 10.5 Å². The third kappa shape index (κ3) is 3.53. The normalized spacial score (nSPS) is 13.8. The fourth-order valence-corrected chi connectivity index (χ4v) is 1.06. The van der Waals surface area contributed by atoms with Crippen LogP contribution in [0.25, 0.3) is 0 Å². The van der Waals surface area contributed by atoms with Crippen molar-refractivity contribution < 1.29 is 17.9 Å². The van der Waals surface area contributed by atoms with Gasteiger partial charge >= 0.3 is 6.18 Å². The first-order valence-corrected chi connectivity index (χ1v) is 4.77. The van der Waals surface area contributed by atoms with E-state index in [1.54, 1.807) is 0 Å². The molecule has 1 unspecified atom stereocenters. The molecule has 0 bridgehead atoms. The minimum Gasteiger partial charge on any atom is -0.384 e. The Hall–Kier alpha value is -1.01. The lowest BCUT2D eigenvalue weighted by atomic mass is 10.3. The second-order valence-corrected chi connectivity index (χ2v) is 3.57. The molecular formula is C9H10ClF3N2O. The van der Waals surface area contributed by atoms with Gasteiger partial charge in [0.25, 0.3) is 0 Å². The Labute approximate surface area is 95.4 Å². The van der Waals surface area contributed by atoms with Gasteiger partial charge in [-0.1, -0.05) is 11.6 Å². The van der Waals surface area contributed by atoms with E-state index in [1.165, 1.54) is 12.1 Å². The number of aromatic nitrogens is 1. The minimum absolute atomic E-state index is 0.183. The quantitative estimate of drug-likeness (QED) is 0.902. The van der Waals surface area contributed by atoms with Gasteiger partial charge in [0.1, 0.15) is 5.82 Å². The fraction of sp³-hybridized carbons (Fsp3) is 0.444. The molecule has 16 heavy (non-hydrogen) atoms. The molecule has 0 aromatic carbocycles. The number of rotatable bonds is 3. The van der Waals surface area contributed by atoms with Crippen LogP contribution in [0.3, 0.4) is 0 Å². The van der Waals surface area contributed by atoms with Crippen molar-refractivity contribution in [3.05, 3.63) is 22.8 Å². The van der Waals surface area contributed by atoms with Gasteiger partial charge in [-0.2, -0.15) is 13.2 Å². The molecule has 0 aliphatic heterocycles. The second-order valence-electron chi connectivity index (χ2n) is 3.16. The van der Waals surface area contributed by atoms with E-state index < -0.39 is 12.3 Å². The monoisotopic (exact) mass is 254 g/mol. The van der Waals surface area contributed by atoms with E-state index in [0.29, 0.717) is 0 Å². The number of hydrogen-bond acceptors (Lipinski definition) is 3. The largest absolute Gasteiger partial charge is 0.414 e. The van der Waals surface area contributed by atoms with Gasteiger partial charge in [-0.25, -0.2) is 4.98 Å². The number of pyridine rings is 1. The Kier molecular flexibility index (Phi) is 3.98. The summed E-state index contributed by atoms with van der Waals surface area (Å²) in [5, 5.41) is 0.226. The molecule has 0 aliphatic rings. The molecule has 0 fully saturated rings. The van der Waals surface area contributed by atoms with Crippen LogP contribution >= 0.6 is 11.6 Å². The highest BCUT2D eigenvalue weighted by Crippen LogP contribution is 2.24. The highest BCUT2D eigenvalue weighted by atomic mass is 35.5. The number of nitrogen functional groups attached to an aromatic ring is 1. The SMILES string of the molecule is CC(OCc1nc(N)ccc1Cl)C(F)(F)F. The number of anilines is 1. The molecule has 1 heterocycles. The van der Waals surface area contributed by atoms with Crippen molar-refractivity contribution in [3.8, 4) is 0 Å². The molecule has 1 aromatic heterocycles. The number of ether oxygens (including phenoxy) is 1. The van der Waals surface area contributed by atoms with Gasteiger partial charge in [0, 0.05) is 0 Å². The standard InChI is InChI=1S/C9H10ClF3N2O/c1-5(9(11,12)13)16-4-7-6(10)2-3-8(14)15-7/h2-3,5H,4H2,1H3,(H2,14,15). The van der Waals surface area contributed by atoms with Gasteiger partial charge in [0.05, 0.1) is 17.3 Å². The van der Waals surface area contributed by atoms with E-state index in [9.17, 15) is 13.2 Å². The van der Waals surface area contributed by atoms with E-state index >= 15 is 0 Å². The zero-order valence-corrected chi connectivity index (χ0v) is 9.14. The molecule has 1 aromatic rings. The number of alkyl halides is 3. The van der Waals surface area contributed by atoms with E-state index in [0.717, 1.165) is 6.92 Å². The Morgan fingerprint density at radius 1 is 1.50 bits per heavy atom. The molecule has 0 saturated heterocycles. The van der Waals surface area contributed by atoms with Gasteiger partial charge in [-0.15, -0.1) is 0 Å². The Balaban J connectivity index is 2.64. The lowest BCUT2D eigenvalue weighted by molar-refractivity contribution is -0.217. The van der Waals surface area contributed by atoms with Crippen LogP contribution in [0, 0.1) is 0 Å². The molecule has 7 heteroatoms. The van der Waals surface area contributed by atoms with Gasteiger partial charge in [-0.3, -0.25) is 0 Å².